The van der Waals surface area contributed by atoms with Crippen molar-refractivity contribution < 1.29 is 19.8 Å². The van der Waals surface area contributed by atoms with Gasteiger partial charge in [0.25, 0.3) is 0 Å². The summed E-state index contributed by atoms with van der Waals surface area (Å²) in [5.74, 6) is -3.12. The van der Waals surface area contributed by atoms with Gasteiger partial charge < -0.3 is 15.5 Å². The average Bonchev–Trinajstić information content (AvgIpc) is 2.45. The molecule has 0 aliphatic carbocycles. The van der Waals surface area contributed by atoms with E-state index in [0.29, 0.717) is 22.5 Å². The van der Waals surface area contributed by atoms with Gasteiger partial charge in [0.05, 0.1) is 17.1 Å². The summed E-state index contributed by atoms with van der Waals surface area (Å²) in [4.78, 5) is 23.4. The number of hydrogen-bond donors (Lipinski definition) is 3. The zero-order valence-electron chi connectivity index (χ0n) is 12.4. The van der Waals surface area contributed by atoms with E-state index in [9.17, 15) is 19.8 Å². The summed E-state index contributed by atoms with van der Waals surface area (Å²) < 4.78 is 0. The van der Waals surface area contributed by atoms with Crippen molar-refractivity contribution in [1.29, 1.82) is 0 Å². The molecular weight excluding hydrogens is 282 g/mol. The highest BCUT2D eigenvalue weighted by molar-refractivity contribution is 5.98. The molecule has 0 amide bonds. The number of carboxylic acids is 2. The number of aliphatic carboxylic acids is 2. The molecule has 0 saturated carbocycles. The van der Waals surface area contributed by atoms with Crippen LogP contribution in [0.1, 0.15) is 30.9 Å². The minimum absolute atomic E-state index is 0.0392. The third-order valence-electron chi connectivity index (χ3n) is 3.75. The van der Waals surface area contributed by atoms with Gasteiger partial charge >= 0.3 is 11.9 Å². The van der Waals surface area contributed by atoms with E-state index in [1.807, 2.05) is 0 Å². The second kappa shape index (κ2) is 5.89. The van der Waals surface area contributed by atoms with Crippen molar-refractivity contribution in [2.45, 2.75) is 19.8 Å². The fourth-order valence-corrected chi connectivity index (χ4v) is 2.83. The van der Waals surface area contributed by atoms with Crippen LogP contribution >= 0.6 is 0 Å². The lowest BCUT2D eigenvalue weighted by Gasteiger charge is -2.29. The van der Waals surface area contributed by atoms with Crippen LogP contribution in [0.25, 0.3) is 6.08 Å². The first-order valence-electron chi connectivity index (χ1n) is 6.75. The number of benzene rings is 1. The Morgan fingerprint density at radius 3 is 2.05 bits per heavy atom. The molecule has 0 bridgehead atoms. The maximum absolute atomic E-state index is 11.7. The Labute approximate surface area is 128 Å². The Morgan fingerprint density at radius 1 is 1.09 bits per heavy atom. The first kappa shape index (κ1) is 15.6. The minimum atomic E-state index is -1.14. The summed E-state index contributed by atoms with van der Waals surface area (Å²) in [6, 6.07) is 7.08. The lowest BCUT2D eigenvalue weighted by molar-refractivity contribution is -0.133. The Balaban J connectivity index is 2.78. The Hall–Kier alpha value is -2.82. The third kappa shape index (κ3) is 2.53. The van der Waals surface area contributed by atoms with Crippen LogP contribution in [-0.4, -0.2) is 22.2 Å². The highest BCUT2D eigenvalue weighted by Crippen LogP contribution is 2.39. The van der Waals surface area contributed by atoms with Gasteiger partial charge in [-0.1, -0.05) is 36.9 Å². The smallest absolute Gasteiger partial charge is 0.334 e. The van der Waals surface area contributed by atoms with Gasteiger partial charge in [-0.15, -0.1) is 0 Å². The van der Waals surface area contributed by atoms with Crippen LogP contribution in [0.3, 0.4) is 0 Å². The zero-order valence-corrected chi connectivity index (χ0v) is 12.4. The van der Waals surface area contributed by atoms with Gasteiger partial charge in [0, 0.05) is 11.4 Å². The molecule has 5 heteroatoms. The van der Waals surface area contributed by atoms with E-state index in [-0.39, 0.29) is 11.1 Å². The Bertz CT molecular complexity index is 692. The van der Waals surface area contributed by atoms with Gasteiger partial charge in [-0.3, -0.25) is 0 Å². The predicted molar refractivity (Wildman–Crippen MR) is 83.1 cm³/mol. The summed E-state index contributed by atoms with van der Waals surface area (Å²) >= 11 is 0. The normalized spacial score (nSPS) is 15.5. The second-order valence-electron chi connectivity index (χ2n) is 5.08. The van der Waals surface area contributed by atoms with Crippen molar-refractivity contribution in [3.05, 3.63) is 64.5 Å². The largest absolute Gasteiger partial charge is 0.478 e. The van der Waals surface area contributed by atoms with Crippen LogP contribution in [0.4, 0.5) is 0 Å². The van der Waals surface area contributed by atoms with E-state index in [1.165, 1.54) is 0 Å². The van der Waals surface area contributed by atoms with Crippen LogP contribution in [-0.2, 0) is 9.59 Å². The van der Waals surface area contributed by atoms with E-state index in [1.54, 1.807) is 44.2 Å². The van der Waals surface area contributed by atoms with Crippen molar-refractivity contribution in [2.24, 2.45) is 0 Å². The lowest BCUT2D eigenvalue weighted by Crippen LogP contribution is -2.31. The molecule has 5 nitrogen and oxygen atoms in total. The molecule has 0 saturated heterocycles. The van der Waals surface area contributed by atoms with E-state index >= 15 is 0 Å². The van der Waals surface area contributed by atoms with Crippen molar-refractivity contribution in [3.8, 4) is 0 Å². The molecule has 1 aliphatic heterocycles. The minimum Gasteiger partial charge on any atom is -0.478 e. The first-order chi connectivity index (χ1) is 10.4. The first-order valence-corrected chi connectivity index (χ1v) is 6.75. The van der Waals surface area contributed by atoms with E-state index < -0.39 is 17.9 Å². The fraction of sp³-hybridized carbons (Fsp3) is 0.176. The maximum atomic E-state index is 11.7. The molecule has 0 aromatic heterocycles. The lowest BCUT2D eigenvalue weighted by atomic mass is 9.78. The number of carbonyl (C=O) groups is 2. The molecule has 3 N–H and O–H groups in total. The van der Waals surface area contributed by atoms with Crippen molar-refractivity contribution in [3.63, 3.8) is 0 Å². The zero-order chi connectivity index (χ0) is 16.4. The summed E-state index contributed by atoms with van der Waals surface area (Å²) in [6.45, 7) is 6.99. The number of allylic oxidation sites excluding steroid dienone is 2. The highest BCUT2D eigenvalue weighted by atomic mass is 16.4. The molecule has 0 radical (unpaired) electrons. The van der Waals surface area contributed by atoms with Gasteiger partial charge in [-0.2, -0.15) is 0 Å². The molecular formula is C17H17NO4. The second-order valence-corrected chi connectivity index (χ2v) is 5.08. The number of rotatable bonds is 4. The molecule has 2 rings (SSSR count). The maximum Gasteiger partial charge on any atom is 0.334 e. The SMILES string of the molecule is C=Cc1ccccc1C1C(C(=O)O)=C(C)NC(C)=C1C(=O)O. The highest BCUT2D eigenvalue weighted by Gasteiger charge is 2.37. The summed E-state index contributed by atoms with van der Waals surface area (Å²) in [5.41, 5.74) is 2.30. The topological polar surface area (TPSA) is 86.6 Å². The summed E-state index contributed by atoms with van der Waals surface area (Å²) in [6.07, 6.45) is 1.60. The summed E-state index contributed by atoms with van der Waals surface area (Å²) in [7, 11) is 0. The monoisotopic (exact) mass is 299 g/mol. The average molecular weight is 299 g/mol. The molecule has 0 atom stereocenters. The molecule has 0 spiro atoms. The van der Waals surface area contributed by atoms with Crippen LogP contribution in [0.5, 0.6) is 0 Å². The van der Waals surface area contributed by atoms with Gasteiger partial charge in [-0.05, 0) is 25.0 Å². The molecule has 114 valence electrons. The number of hydrogen-bond acceptors (Lipinski definition) is 3. The van der Waals surface area contributed by atoms with E-state index in [4.69, 9.17) is 0 Å². The van der Waals surface area contributed by atoms with Crippen molar-refractivity contribution >= 4 is 18.0 Å². The standard InChI is InChI=1S/C17H17NO4/c1-4-11-7-5-6-8-12(11)15-13(16(19)20)9(2)18-10(3)14(15)17(21)22/h4-8,15,18H,1H2,2-3H3,(H,19,20)(H,21,22). The predicted octanol–water partition coefficient (Wildman–Crippen LogP) is 2.73. The molecule has 0 fully saturated rings. The molecule has 1 aliphatic rings. The number of nitrogens with one attached hydrogen (secondary N) is 1. The van der Waals surface area contributed by atoms with Gasteiger partial charge in [0.15, 0.2) is 0 Å². The Kier molecular flexibility index (Phi) is 4.17. The van der Waals surface area contributed by atoms with Crippen molar-refractivity contribution in [2.75, 3.05) is 0 Å². The fourth-order valence-electron chi connectivity index (χ4n) is 2.83. The van der Waals surface area contributed by atoms with Crippen LogP contribution in [0.15, 0.2) is 53.4 Å². The Morgan fingerprint density at radius 2 is 1.59 bits per heavy atom. The molecule has 22 heavy (non-hydrogen) atoms. The molecule has 1 aromatic carbocycles. The van der Waals surface area contributed by atoms with Gasteiger partial charge in [0.2, 0.25) is 0 Å². The van der Waals surface area contributed by atoms with Crippen LogP contribution < -0.4 is 5.32 Å². The third-order valence-corrected chi connectivity index (χ3v) is 3.75. The number of carboxylic acid groups (broad SMARTS) is 2. The number of dihydropyridines is 1. The van der Waals surface area contributed by atoms with E-state index in [0.717, 1.165) is 0 Å². The van der Waals surface area contributed by atoms with E-state index in [2.05, 4.69) is 11.9 Å². The van der Waals surface area contributed by atoms with Gasteiger partial charge in [0.1, 0.15) is 0 Å². The van der Waals surface area contributed by atoms with Crippen LogP contribution in [0.2, 0.25) is 0 Å². The molecule has 0 unspecified atom stereocenters. The summed E-state index contributed by atoms with van der Waals surface area (Å²) in [5, 5.41) is 22.0. The molecule has 1 aromatic rings. The molecule has 1 heterocycles. The van der Waals surface area contributed by atoms with Crippen LogP contribution in [0, 0.1) is 0 Å². The van der Waals surface area contributed by atoms with Gasteiger partial charge in [-0.25, -0.2) is 9.59 Å². The quantitative estimate of drug-likeness (QED) is 0.796. The van der Waals surface area contributed by atoms with Crippen molar-refractivity contribution in [1.82, 2.24) is 5.32 Å².